The van der Waals surface area contributed by atoms with Crippen molar-refractivity contribution in [2.45, 2.75) is 12.5 Å². The highest BCUT2D eigenvalue weighted by Gasteiger charge is 2.15. The van der Waals surface area contributed by atoms with Crippen molar-refractivity contribution in [3.63, 3.8) is 0 Å². The SMILES string of the molecule is c1ccc([C@H]2CCOCO2)cc1. The minimum absolute atomic E-state index is 0.236. The van der Waals surface area contributed by atoms with Gasteiger partial charge in [-0.25, -0.2) is 0 Å². The summed E-state index contributed by atoms with van der Waals surface area (Å²) >= 11 is 0. The molecular weight excluding hydrogens is 152 g/mol. The summed E-state index contributed by atoms with van der Waals surface area (Å²) in [6.07, 6.45) is 1.20. The van der Waals surface area contributed by atoms with Crippen LogP contribution in [0.3, 0.4) is 0 Å². The zero-order chi connectivity index (χ0) is 8.23. The summed E-state index contributed by atoms with van der Waals surface area (Å²) < 4.78 is 10.5. The van der Waals surface area contributed by atoms with Crippen LogP contribution in [0.15, 0.2) is 30.3 Å². The molecule has 0 radical (unpaired) electrons. The van der Waals surface area contributed by atoms with E-state index in [9.17, 15) is 0 Å². The van der Waals surface area contributed by atoms with Crippen LogP contribution in [-0.4, -0.2) is 13.4 Å². The van der Waals surface area contributed by atoms with Crippen molar-refractivity contribution in [3.8, 4) is 0 Å². The highest BCUT2D eigenvalue weighted by atomic mass is 16.7. The van der Waals surface area contributed by atoms with Crippen molar-refractivity contribution in [2.24, 2.45) is 0 Å². The largest absolute Gasteiger partial charge is 0.355 e. The van der Waals surface area contributed by atoms with Gasteiger partial charge in [-0.15, -0.1) is 0 Å². The number of hydrogen-bond acceptors (Lipinski definition) is 2. The molecule has 12 heavy (non-hydrogen) atoms. The third-order valence-corrected chi connectivity index (χ3v) is 2.05. The van der Waals surface area contributed by atoms with Gasteiger partial charge in [-0.05, 0) is 5.56 Å². The lowest BCUT2D eigenvalue weighted by atomic mass is 10.1. The van der Waals surface area contributed by atoms with Gasteiger partial charge in [0.05, 0.1) is 12.7 Å². The summed E-state index contributed by atoms with van der Waals surface area (Å²) in [7, 11) is 0. The third kappa shape index (κ3) is 1.65. The molecule has 2 rings (SSSR count). The van der Waals surface area contributed by atoms with Crippen molar-refractivity contribution < 1.29 is 9.47 Å². The molecule has 0 bridgehead atoms. The molecule has 0 aliphatic carbocycles. The maximum atomic E-state index is 5.44. The lowest BCUT2D eigenvalue weighted by Crippen LogP contribution is -2.16. The van der Waals surface area contributed by atoms with Gasteiger partial charge in [0.2, 0.25) is 0 Å². The van der Waals surface area contributed by atoms with Gasteiger partial charge < -0.3 is 9.47 Å². The molecule has 1 fully saturated rings. The molecule has 1 heterocycles. The summed E-state index contributed by atoms with van der Waals surface area (Å²) in [6.45, 7) is 1.24. The van der Waals surface area contributed by atoms with E-state index in [0.717, 1.165) is 13.0 Å². The van der Waals surface area contributed by atoms with Crippen LogP contribution in [-0.2, 0) is 9.47 Å². The first kappa shape index (κ1) is 7.77. The van der Waals surface area contributed by atoms with Gasteiger partial charge in [-0.2, -0.15) is 0 Å². The topological polar surface area (TPSA) is 18.5 Å². The Labute approximate surface area is 72.1 Å². The molecule has 0 saturated carbocycles. The molecule has 0 amide bonds. The van der Waals surface area contributed by atoms with Gasteiger partial charge >= 0.3 is 0 Å². The van der Waals surface area contributed by atoms with Gasteiger partial charge in [-0.3, -0.25) is 0 Å². The zero-order valence-electron chi connectivity index (χ0n) is 6.90. The Hall–Kier alpha value is -0.860. The van der Waals surface area contributed by atoms with E-state index in [1.165, 1.54) is 5.56 Å². The van der Waals surface area contributed by atoms with E-state index in [1.54, 1.807) is 0 Å². The summed E-state index contributed by atoms with van der Waals surface area (Å²) in [4.78, 5) is 0. The Morgan fingerprint density at radius 3 is 2.67 bits per heavy atom. The molecule has 0 N–H and O–H groups in total. The monoisotopic (exact) mass is 164 g/mol. The summed E-state index contributed by atoms with van der Waals surface area (Å²) in [5.74, 6) is 0. The molecule has 0 aromatic heterocycles. The van der Waals surface area contributed by atoms with Gasteiger partial charge in [0.15, 0.2) is 0 Å². The van der Waals surface area contributed by atoms with Crippen molar-refractivity contribution in [1.29, 1.82) is 0 Å². The van der Waals surface area contributed by atoms with Crippen molar-refractivity contribution >= 4 is 0 Å². The first-order valence-corrected chi connectivity index (χ1v) is 4.21. The summed E-state index contributed by atoms with van der Waals surface area (Å²) in [5, 5.41) is 0. The van der Waals surface area contributed by atoms with Crippen LogP contribution in [0.1, 0.15) is 18.1 Å². The Kier molecular flexibility index (Phi) is 2.39. The number of ether oxygens (including phenoxy) is 2. The average Bonchev–Trinajstić information content (AvgIpc) is 2.21. The van der Waals surface area contributed by atoms with Gasteiger partial charge in [0.25, 0.3) is 0 Å². The number of benzene rings is 1. The molecule has 1 aliphatic rings. The standard InChI is InChI=1S/C10H12O2/c1-2-4-9(5-3-1)10-6-7-11-8-12-10/h1-5,10H,6-8H2/t10-/m1/s1. The first-order chi connectivity index (χ1) is 5.97. The van der Waals surface area contributed by atoms with E-state index in [-0.39, 0.29) is 6.10 Å². The smallest absolute Gasteiger partial charge is 0.147 e. The first-order valence-electron chi connectivity index (χ1n) is 4.21. The molecular formula is C10H12O2. The van der Waals surface area contributed by atoms with Crippen LogP contribution >= 0.6 is 0 Å². The molecule has 1 atom stereocenters. The molecule has 1 aliphatic heterocycles. The Bertz CT molecular complexity index is 227. The van der Waals surface area contributed by atoms with E-state index in [1.807, 2.05) is 18.2 Å². The van der Waals surface area contributed by atoms with Crippen LogP contribution in [0.5, 0.6) is 0 Å². The third-order valence-electron chi connectivity index (χ3n) is 2.05. The molecule has 0 unspecified atom stereocenters. The van der Waals surface area contributed by atoms with E-state index in [0.29, 0.717) is 6.79 Å². The Morgan fingerprint density at radius 2 is 2.00 bits per heavy atom. The predicted molar refractivity (Wildman–Crippen MR) is 45.7 cm³/mol. The Morgan fingerprint density at radius 1 is 1.17 bits per heavy atom. The maximum Gasteiger partial charge on any atom is 0.147 e. The van der Waals surface area contributed by atoms with Crippen molar-refractivity contribution in [2.75, 3.05) is 13.4 Å². The van der Waals surface area contributed by atoms with Crippen LogP contribution < -0.4 is 0 Å². The van der Waals surface area contributed by atoms with Gasteiger partial charge in [0, 0.05) is 6.42 Å². The minimum Gasteiger partial charge on any atom is -0.355 e. The molecule has 1 aromatic rings. The second-order valence-electron chi connectivity index (χ2n) is 2.88. The lowest BCUT2D eigenvalue weighted by molar-refractivity contribution is -0.140. The lowest BCUT2D eigenvalue weighted by Gasteiger charge is -2.22. The van der Waals surface area contributed by atoms with Crippen LogP contribution in [0.2, 0.25) is 0 Å². The molecule has 2 heteroatoms. The molecule has 2 nitrogen and oxygen atoms in total. The predicted octanol–water partition coefficient (Wildman–Crippen LogP) is 2.12. The van der Waals surface area contributed by atoms with Crippen molar-refractivity contribution in [1.82, 2.24) is 0 Å². The zero-order valence-corrected chi connectivity index (χ0v) is 6.90. The highest BCUT2D eigenvalue weighted by Crippen LogP contribution is 2.23. The fourth-order valence-electron chi connectivity index (χ4n) is 1.39. The second kappa shape index (κ2) is 3.70. The molecule has 64 valence electrons. The van der Waals surface area contributed by atoms with E-state index >= 15 is 0 Å². The summed E-state index contributed by atoms with van der Waals surface area (Å²) in [5.41, 5.74) is 1.25. The maximum absolute atomic E-state index is 5.44. The van der Waals surface area contributed by atoms with Crippen LogP contribution in [0.4, 0.5) is 0 Å². The fraction of sp³-hybridized carbons (Fsp3) is 0.400. The molecule has 0 spiro atoms. The second-order valence-corrected chi connectivity index (χ2v) is 2.88. The summed E-state index contributed by atoms with van der Waals surface area (Å²) in [6, 6.07) is 10.3. The molecule has 1 saturated heterocycles. The molecule has 1 aromatic carbocycles. The number of hydrogen-bond donors (Lipinski definition) is 0. The van der Waals surface area contributed by atoms with E-state index in [2.05, 4.69) is 12.1 Å². The van der Waals surface area contributed by atoms with Crippen LogP contribution in [0, 0.1) is 0 Å². The van der Waals surface area contributed by atoms with Crippen molar-refractivity contribution in [3.05, 3.63) is 35.9 Å². The normalized spacial score (nSPS) is 23.8. The van der Waals surface area contributed by atoms with Gasteiger partial charge in [-0.1, -0.05) is 30.3 Å². The highest BCUT2D eigenvalue weighted by molar-refractivity contribution is 5.17. The van der Waals surface area contributed by atoms with E-state index in [4.69, 9.17) is 9.47 Å². The van der Waals surface area contributed by atoms with E-state index < -0.39 is 0 Å². The Balaban J connectivity index is 2.08. The van der Waals surface area contributed by atoms with Gasteiger partial charge in [0.1, 0.15) is 6.79 Å². The minimum atomic E-state index is 0.236. The van der Waals surface area contributed by atoms with Crippen LogP contribution in [0.25, 0.3) is 0 Å². The number of rotatable bonds is 1. The fourth-order valence-corrected chi connectivity index (χ4v) is 1.39. The average molecular weight is 164 g/mol. The quantitative estimate of drug-likeness (QED) is 0.633.